The summed E-state index contributed by atoms with van der Waals surface area (Å²) in [4.78, 5) is 15.1. The van der Waals surface area contributed by atoms with Crippen molar-refractivity contribution in [2.75, 3.05) is 11.4 Å². The first-order valence-corrected chi connectivity index (χ1v) is 9.38. The van der Waals surface area contributed by atoms with Crippen molar-refractivity contribution in [2.24, 2.45) is 7.05 Å². The Morgan fingerprint density at radius 3 is 2.64 bits per heavy atom. The van der Waals surface area contributed by atoms with Gasteiger partial charge < -0.3 is 10.2 Å². The second-order valence-corrected chi connectivity index (χ2v) is 7.04. The molecule has 5 nitrogen and oxygen atoms in total. The van der Waals surface area contributed by atoms with Crippen molar-refractivity contribution in [2.45, 2.75) is 19.5 Å². The highest BCUT2D eigenvalue weighted by molar-refractivity contribution is 6.34. The van der Waals surface area contributed by atoms with Crippen LogP contribution in [0.3, 0.4) is 0 Å². The number of aromatic nitrogens is 2. The minimum atomic E-state index is -0.130. The number of halogens is 2. The third-order valence-corrected chi connectivity index (χ3v) is 5.25. The Bertz CT molecular complexity index is 972. The molecule has 0 saturated carbocycles. The average molecular weight is 417 g/mol. The Hall–Kier alpha value is -2.34. The van der Waals surface area contributed by atoms with E-state index in [0.29, 0.717) is 17.1 Å². The summed E-state index contributed by atoms with van der Waals surface area (Å²) < 4.78 is 1.94. The van der Waals surface area contributed by atoms with Gasteiger partial charge in [-0.3, -0.25) is 9.48 Å². The van der Waals surface area contributed by atoms with Crippen LogP contribution in [0, 0.1) is 0 Å². The van der Waals surface area contributed by atoms with E-state index in [1.54, 1.807) is 17.0 Å². The fourth-order valence-corrected chi connectivity index (χ4v) is 3.76. The minimum absolute atomic E-state index is 0. The molecule has 146 valence electrons. The molecule has 0 radical (unpaired) electrons. The largest absolute Gasteiger partial charge is 0.312 e. The van der Waals surface area contributed by atoms with Crippen LogP contribution in [0.1, 0.15) is 27.3 Å². The Balaban J connectivity index is 0.00000225. The lowest BCUT2D eigenvalue weighted by Crippen LogP contribution is -2.32. The van der Waals surface area contributed by atoms with Crippen LogP contribution >= 0.6 is 24.0 Å². The normalized spacial score (nSPS) is 12.8. The van der Waals surface area contributed by atoms with Gasteiger partial charge in [0.15, 0.2) is 0 Å². The highest BCUT2D eigenvalue weighted by atomic mass is 35.5. The molecule has 3 aromatic rings. The molecule has 0 spiro atoms. The summed E-state index contributed by atoms with van der Waals surface area (Å²) in [6.45, 7) is 2.13. The van der Waals surface area contributed by atoms with Gasteiger partial charge in [0.25, 0.3) is 5.91 Å². The molecular weight excluding hydrogens is 395 g/mol. The van der Waals surface area contributed by atoms with Gasteiger partial charge in [0.2, 0.25) is 0 Å². The number of anilines is 1. The maximum Gasteiger partial charge on any atom is 0.260 e. The first kappa shape index (κ1) is 20.4. The number of carbonyl (C=O) groups is 1. The van der Waals surface area contributed by atoms with E-state index in [1.165, 1.54) is 11.3 Å². The van der Waals surface area contributed by atoms with Crippen LogP contribution in [-0.2, 0) is 26.6 Å². The molecule has 1 aliphatic heterocycles. The van der Waals surface area contributed by atoms with Crippen molar-refractivity contribution in [3.63, 3.8) is 0 Å². The van der Waals surface area contributed by atoms with E-state index in [4.69, 9.17) is 16.7 Å². The van der Waals surface area contributed by atoms with Crippen LogP contribution in [0.2, 0.25) is 5.02 Å². The smallest absolute Gasteiger partial charge is 0.260 e. The molecule has 0 unspecified atom stereocenters. The summed E-state index contributed by atoms with van der Waals surface area (Å²) in [6, 6.07) is 16.8. The maximum absolute atomic E-state index is 13.3. The highest BCUT2D eigenvalue weighted by Gasteiger charge is 2.25. The van der Waals surface area contributed by atoms with Gasteiger partial charge in [0.1, 0.15) is 0 Å². The lowest BCUT2D eigenvalue weighted by Gasteiger charge is -2.23. The van der Waals surface area contributed by atoms with E-state index in [1.807, 2.05) is 54.2 Å². The Kier molecular flexibility index (Phi) is 6.39. The van der Waals surface area contributed by atoms with Crippen molar-refractivity contribution in [3.8, 4) is 0 Å². The first-order valence-electron chi connectivity index (χ1n) is 9.01. The molecule has 1 amide bonds. The standard InChI is InChI=1S/C21H21ClN4O.ClH/c1-25-20-11-12-23-13-17(20)19(24-25)14-26(15-7-3-2-4-8-15)21(27)16-9-5-6-10-18(16)22;/h2-10,23H,11-14H2,1H3;1H. The molecular formula is C21H22Cl2N4O. The van der Waals surface area contributed by atoms with Gasteiger partial charge >= 0.3 is 0 Å². The molecule has 28 heavy (non-hydrogen) atoms. The fourth-order valence-electron chi connectivity index (χ4n) is 3.55. The van der Waals surface area contributed by atoms with Crippen molar-refractivity contribution >= 4 is 35.6 Å². The second kappa shape index (κ2) is 8.78. The summed E-state index contributed by atoms with van der Waals surface area (Å²) in [7, 11) is 1.97. The third-order valence-electron chi connectivity index (χ3n) is 4.92. The number of fused-ring (bicyclic) bond motifs is 1. The Morgan fingerprint density at radius 2 is 1.89 bits per heavy atom. The highest BCUT2D eigenvalue weighted by Crippen LogP contribution is 2.26. The second-order valence-electron chi connectivity index (χ2n) is 6.63. The van der Waals surface area contributed by atoms with E-state index in [2.05, 4.69) is 5.32 Å². The van der Waals surface area contributed by atoms with E-state index < -0.39 is 0 Å². The first-order chi connectivity index (χ1) is 13.1. The molecule has 0 saturated heterocycles. The number of amides is 1. The fraction of sp³-hybridized carbons (Fsp3) is 0.238. The van der Waals surface area contributed by atoms with Crippen molar-refractivity contribution in [1.29, 1.82) is 0 Å². The average Bonchev–Trinajstić information content (AvgIpc) is 3.02. The number of aryl methyl sites for hydroxylation is 1. The zero-order valence-corrected chi connectivity index (χ0v) is 17.1. The minimum Gasteiger partial charge on any atom is -0.312 e. The van der Waals surface area contributed by atoms with Crippen LogP contribution in [0.5, 0.6) is 0 Å². The van der Waals surface area contributed by atoms with Crippen LogP contribution in [0.25, 0.3) is 0 Å². The molecule has 0 atom stereocenters. The molecule has 1 aliphatic rings. The molecule has 7 heteroatoms. The van der Waals surface area contributed by atoms with Crippen molar-refractivity contribution < 1.29 is 4.79 Å². The van der Waals surface area contributed by atoms with Gasteiger partial charge in [-0.05, 0) is 24.3 Å². The van der Waals surface area contributed by atoms with Gasteiger partial charge in [-0.25, -0.2) is 0 Å². The summed E-state index contributed by atoms with van der Waals surface area (Å²) in [5, 5.41) is 8.56. The van der Waals surface area contributed by atoms with Crippen molar-refractivity contribution in [3.05, 3.63) is 82.1 Å². The zero-order valence-electron chi connectivity index (χ0n) is 15.6. The molecule has 2 heterocycles. The Labute approximate surface area is 175 Å². The molecule has 1 N–H and O–H groups in total. The summed E-state index contributed by atoms with van der Waals surface area (Å²) in [5.74, 6) is -0.130. The molecule has 0 bridgehead atoms. The maximum atomic E-state index is 13.3. The number of rotatable bonds is 4. The predicted molar refractivity (Wildman–Crippen MR) is 114 cm³/mol. The lowest BCUT2D eigenvalue weighted by atomic mass is 10.1. The van der Waals surface area contributed by atoms with Gasteiger partial charge in [-0.15, -0.1) is 12.4 Å². The predicted octanol–water partition coefficient (Wildman–Crippen LogP) is 3.99. The monoisotopic (exact) mass is 416 g/mol. The number of hydrogen-bond donors (Lipinski definition) is 1. The van der Waals surface area contributed by atoms with Gasteiger partial charge in [0.05, 0.1) is 22.8 Å². The number of carbonyl (C=O) groups excluding carboxylic acids is 1. The zero-order chi connectivity index (χ0) is 18.8. The summed E-state index contributed by atoms with van der Waals surface area (Å²) in [5.41, 5.74) is 4.67. The third kappa shape index (κ3) is 3.92. The van der Waals surface area contributed by atoms with E-state index in [0.717, 1.165) is 30.9 Å². The summed E-state index contributed by atoms with van der Waals surface area (Å²) in [6.07, 6.45) is 0.947. The molecule has 0 fully saturated rings. The van der Waals surface area contributed by atoms with Gasteiger partial charge in [-0.1, -0.05) is 41.9 Å². The van der Waals surface area contributed by atoms with E-state index in [-0.39, 0.29) is 18.3 Å². The number of nitrogens with one attached hydrogen (secondary N) is 1. The van der Waals surface area contributed by atoms with Crippen LogP contribution in [0.4, 0.5) is 5.69 Å². The lowest BCUT2D eigenvalue weighted by molar-refractivity contribution is 0.0985. The number of nitrogens with zero attached hydrogens (tertiary/aromatic N) is 3. The number of benzene rings is 2. The number of para-hydroxylation sites is 1. The quantitative estimate of drug-likeness (QED) is 0.699. The number of hydrogen-bond acceptors (Lipinski definition) is 3. The topological polar surface area (TPSA) is 50.2 Å². The summed E-state index contributed by atoms with van der Waals surface area (Å²) >= 11 is 6.30. The van der Waals surface area contributed by atoms with Gasteiger partial charge in [0, 0.05) is 43.5 Å². The van der Waals surface area contributed by atoms with E-state index in [9.17, 15) is 4.79 Å². The Morgan fingerprint density at radius 1 is 1.18 bits per heavy atom. The molecule has 2 aromatic carbocycles. The van der Waals surface area contributed by atoms with Crippen molar-refractivity contribution in [1.82, 2.24) is 15.1 Å². The van der Waals surface area contributed by atoms with Crippen LogP contribution < -0.4 is 10.2 Å². The van der Waals surface area contributed by atoms with E-state index >= 15 is 0 Å². The van der Waals surface area contributed by atoms with Crippen LogP contribution in [0.15, 0.2) is 54.6 Å². The molecule has 4 rings (SSSR count). The van der Waals surface area contributed by atoms with Gasteiger partial charge in [-0.2, -0.15) is 5.10 Å². The molecule has 1 aromatic heterocycles. The molecule has 0 aliphatic carbocycles. The van der Waals surface area contributed by atoms with Crippen LogP contribution in [-0.4, -0.2) is 22.2 Å². The SMILES string of the molecule is Cl.Cn1nc(CN(C(=O)c2ccccc2Cl)c2ccccc2)c2c1CCNC2.